The van der Waals surface area contributed by atoms with E-state index in [2.05, 4.69) is 0 Å². The first-order chi connectivity index (χ1) is 9.15. The number of fused-ring (bicyclic) bond motifs is 1. The molecule has 0 radical (unpaired) electrons. The average Bonchev–Trinajstić information content (AvgIpc) is 2.79. The van der Waals surface area contributed by atoms with Gasteiger partial charge in [0.1, 0.15) is 0 Å². The number of hydrogen-bond acceptors (Lipinski definition) is 4. The maximum atomic E-state index is 12.0. The summed E-state index contributed by atoms with van der Waals surface area (Å²) in [6, 6.07) is 5.43. The van der Waals surface area contributed by atoms with E-state index in [0.717, 1.165) is 5.69 Å². The minimum Gasteiger partial charge on any atom is -0.465 e. The van der Waals surface area contributed by atoms with Crippen LogP contribution in [0.25, 0.3) is 5.52 Å². The highest BCUT2D eigenvalue weighted by Crippen LogP contribution is 2.26. The summed E-state index contributed by atoms with van der Waals surface area (Å²) >= 11 is 0. The van der Waals surface area contributed by atoms with Gasteiger partial charge in [-0.05, 0) is 18.6 Å². The van der Waals surface area contributed by atoms with Gasteiger partial charge in [0.25, 0.3) is 0 Å². The highest BCUT2D eigenvalue weighted by molar-refractivity contribution is 6.09. The van der Waals surface area contributed by atoms with Crippen LogP contribution in [-0.4, -0.2) is 30.6 Å². The van der Waals surface area contributed by atoms with Gasteiger partial charge in [-0.1, -0.05) is 13.0 Å². The molecule has 2 heterocycles. The van der Waals surface area contributed by atoms with Crippen molar-refractivity contribution in [1.82, 2.24) is 4.40 Å². The van der Waals surface area contributed by atoms with Crippen LogP contribution in [0.5, 0.6) is 0 Å². The molecule has 0 spiro atoms. The summed E-state index contributed by atoms with van der Waals surface area (Å²) in [5.41, 5.74) is 1.92. The van der Waals surface area contributed by atoms with E-state index in [1.807, 2.05) is 29.7 Å². The molecule has 2 rings (SSSR count). The second-order valence-corrected chi connectivity index (χ2v) is 3.99. The Morgan fingerprint density at radius 3 is 2.32 bits per heavy atom. The van der Waals surface area contributed by atoms with E-state index in [1.165, 1.54) is 14.2 Å². The standard InChI is InChI=1S/C14H15NO4/c1-4-9-11(13(16)18-2)12(14(17)19-3)10-7-5-6-8-15(9)10/h5-8H,4H2,1-3H3. The predicted molar refractivity (Wildman–Crippen MR) is 69.5 cm³/mol. The molecule has 2 aromatic heterocycles. The second-order valence-electron chi connectivity index (χ2n) is 3.99. The molecule has 2 aromatic rings. The van der Waals surface area contributed by atoms with Crippen LogP contribution in [0.2, 0.25) is 0 Å². The van der Waals surface area contributed by atoms with Crippen molar-refractivity contribution in [3.8, 4) is 0 Å². The quantitative estimate of drug-likeness (QED) is 0.794. The number of esters is 2. The van der Waals surface area contributed by atoms with Crippen LogP contribution in [-0.2, 0) is 15.9 Å². The number of aromatic nitrogens is 1. The first kappa shape index (κ1) is 13.1. The molecule has 0 aliphatic carbocycles. The molecule has 5 heteroatoms. The zero-order valence-electron chi connectivity index (χ0n) is 11.1. The Morgan fingerprint density at radius 1 is 1.11 bits per heavy atom. The number of nitrogens with zero attached hydrogens (tertiary/aromatic N) is 1. The van der Waals surface area contributed by atoms with Gasteiger partial charge in [-0.2, -0.15) is 0 Å². The van der Waals surface area contributed by atoms with E-state index in [9.17, 15) is 9.59 Å². The van der Waals surface area contributed by atoms with E-state index >= 15 is 0 Å². The van der Waals surface area contributed by atoms with Gasteiger partial charge in [0.2, 0.25) is 0 Å². The van der Waals surface area contributed by atoms with E-state index in [0.29, 0.717) is 11.9 Å². The Hall–Kier alpha value is -2.30. The monoisotopic (exact) mass is 261 g/mol. The number of rotatable bonds is 3. The van der Waals surface area contributed by atoms with Crippen LogP contribution in [0.3, 0.4) is 0 Å². The third kappa shape index (κ3) is 1.97. The summed E-state index contributed by atoms with van der Waals surface area (Å²) in [6.07, 6.45) is 2.42. The SMILES string of the molecule is CCc1c(C(=O)OC)c(C(=O)OC)c2ccccn12. The second kappa shape index (κ2) is 5.14. The van der Waals surface area contributed by atoms with Crippen molar-refractivity contribution in [1.29, 1.82) is 0 Å². The highest BCUT2D eigenvalue weighted by Gasteiger charge is 2.28. The molecular formula is C14H15NO4. The van der Waals surface area contributed by atoms with Crippen molar-refractivity contribution in [2.24, 2.45) is 0 Å². The Balaban J connectivity index is 2.88. The van der Waals surface area contributed by atoms with Crippen LogP contribution in [0.4, 0.5) is 0 Å². The first-order valence-corrected chi connectivity index (χ1v) is 5.94. The molecule has 0 saturated carbocycles. The number of ether oxygens (including phenoxy) is 2. The van der Waals surface area contributed by atoms with Gasteiger partial charge in [-0.3, -0.25) is 0 Å². The molecule has 0 atom stereocenters. The minimum atomic E-state index is -0.538. The number of carbonyl (C=O) groups is 2. The Morgan fingerprint density at radius 2 is 1.74 bits per heavy atom. The van der Waals surface area contributed by atoms with Crippen molar-refractivity contribution >= 4 is 17.5 Å². The summed E-state index contributed by atoms with van der Waals surface area (Å²) in [4.78, 5) is 23.9. The third-order valence-electron chi connectivity index (χ3n) is 3.06. The smallest absolute Gasteiger partial charge is 0.340 e. The molecule has 0 amide bonds. The maximum absolute atomic E-state index is 12.0. The first-order valence-electron chi connectivity index (χ1n) is 5.94. The summed E-state index contributed by atoms with van der Waals surface area (Å²) < 4.78 is 11.4. The van der Waals surface area contributed by atoms with Crippen LogP contribution < -0.4 is 0 Å². The summed E-state index contributed by atoms with van der Waals surface area (Å²) in [5.74, 6) is -1.07. The topological polar surface area (TPSA) is 57.0 Å². The lowest BCUT2D eigenvalue weighted by atomic mass is 10.1. The number of pyridine rings is 1. The molecule has 0 aliphatic heterocycles. The molecule has 0 bridgehead atoms. The zero-order valence-corrected chi connectivity index (χ0v) is 11.1. The molecule has 0 aliphatic rings. The summed E-state index contributed by atoms with van der Waals surface area (Å²) in [5, 5.41) is 0. The lowest BCUT2D eigenvalue weighted by molar-refractivity contribution is 0.0557. The lowest BCUT2D eigenvalue weighted by Crippen LogP contribution is -2.11. The maximum Gasteiger partial charge on any atom is 0.340 e. The number of hydrogen-bond donors (Lipinski definition) is 0. The van der Waals surface area contributed by atoms with Crippen LogP contribution in [0, 0.1) is 0 Å². The predicted octanol–water partition coefficient (Wildman–Crippen LogP) is 2.07. The largest absolute Gasteiger partial charge is 0.465 e. The molecule has 19 heavy (non-hydrogen) atoms. The van der Waals surface area contributed by atoms with E-state index in [-0.39, 0.29) is 11.1 Å². The number of methoxy groups -OCH3 is 2. The normalized spacial score (nSPS) is 10.5. The number of carbonyl (C=O) groups excluding carboxylic acids is 2. The van der Waals surface area contributed by atoms with E-state index in [1.54, 1.807) is 6.07 Å². The molecule has 0 fully saturated rings. The fourth-order valence-corrected chi connectivity index (χ4v) is 2.25. The Bertz CT molecular complexity index is 642. The summed E-state index contributed by atoms with van der Waals surface area (Å²) in [6.45, 7) is 1.92. The Labute approximate surface area is 110 Å². The minimum absolute atomic E-state index is 0.256. The molecule has 0 N–H and O–H groups in total. The highest BCUT2D eigenvalue weighted by atomic mass is 16.5. The fraction of sp³-hybridized carbons (Fsp3) is 0.286. The van der Waals surface area contributed by atoms with Crippen LogP contribution >= 0.6 is 0 Å². The Kier molecular flexibility index (Phi) is 3.55. The molecule has 5 nitrogen and oxygen atoms in total. The van der Waals surface area contributed by atoms with E-state index in [4.69, 9.17) is 9.47 Å². The number of aryl methyl sites for hydroxylation is 1. The molecule has 0 saturated heterocycles. The molecule has 0 unspecified atom stereocenters. The van der Waals surface area contributed by atoms with Gasteiger partial charge in [-0.15, -0.1) is 0 Å². The van der Waals surface area contributed by atoms with Crippen LogP contribution in [0.15, 0.2) is 24.4 Å². The lowest BCUT2D eigenvalue weighted by Gasteiger charge is -2.03. The molecular weight excluding hydrogens is 246 g/mol. The third-order valence-corrected chi connectivity index (χ3v) is 3.06. The average molecular weight is 261 g/mol. The van der Waals surface area contributed by atoms with Crippen molar-refractivity contribution in [3.63, 3.8) is 0 Å². The summed E-state index contributed by atoms with van der Waals surface area (Å²) in [7, 11) is 2.59. The van der Waals surface area contributed by atoms with Gasteiger partial charge >= 0.3 is 11.9 Å². The van der Waals surface area contributed by atoms with Crippen molar-refractivity contribution in [2.45, 2.75) is 13.3 Å². The zero-order chi connectivity index (χ0) is 14.0. The van der Waals surface area contributed by atoms with Crippen molar-refractivity contribution < 1.29 is 19.1 Å². The van der Waals surface area contributed by atoms with Crippen molar-refractivity contribution in [3.05, 3.63) is 41.2 Å². The van der Waals surface area contributed by atoms with Gasteiger partial charge in [-0.25, -0.2) is 9.59 Å². The van der Waals surface area contributed by atoms with Crippen molar-refractivity contribution in [2.75, 3.05) is 14.2 Å². The van der Waals surface area contributed by atoms with Gasteiger partial charge in [0.15, 0.2) is 0 Å². The molecule has 100 valence electrons. The fourth-order valence-electron chi connectivity index (χ4n) is 2.25. The van der Waals surface area contributed by atoms with Crippen LogP contribution in [0.1, 0.15) is 33.3 Å². The van der Waals surface area contributed by atoms with Gasteiger partial charge in [0.05, 0.1) is 30.9 Å². The van der Waals surface area contributed by atoms with Gasteiger partial charge < -0.3 is 13.9 Å². The van der Waals surface area contributed by atoms with Gasteiger partial charge in [0, 0.05) is 11.9 Å². The molecule has 0 aromatic carbocycles. The van der Waals surface area contributed by atoms with E-state index < -0.39 is 11.9 Å².